The van der Waals surface area contributed by atoms with Crippen molar-refractivity contribution < 1.29 is 38.4 Å². The number of hydrogen-bond donors (Lipinski definition) is 2. The zero-order chi connectivity index (χ0) is 24.1. The summed E-state index contributed by atoms with van der Waals surface area (Å²) in [5.74, 6) is -1.46. The van der Waals surface area contributed by atoms with Crippen LogP contribution in [0.4, 0.5) is 0 Å². The summed E-state index contributed by atoms with van der Waals surface area (Å²) >= 11 is 0. The number of carboxylic acids is 1. The summed E-state index contributed by atoms with van der Waals surface area (Å²) in [6, 6.07) is 18.1. The molecule has 0 saturated carbocycles. The quantitative estimate of drug-likeness (QED) is 0.604. The molecule has 9 nitrogen and oxygen atoms in total. The third kappa shape index (κ3) is 5.81. The van der Waals surface area contributed by atoms with E-state index in [1.807, 2.05) is 60.7 Å². The molecule has 34 heavy (non-hydrogen) atoms. The zero-order valence-corrected chi connectivity index (χ0v) is 19.0. The van der Waals surface area contributed by atoms with Gasteiger partial charge < -0.3 is 34.1 Å². The molecule has 1 amide bonds. The van der Waals surface area contributed by atoms with Crippen molar-refractivity contribution in [2.24, 2.45) is 0 Å². The van der Waals surface area contributed by atoms with Crippen molar-refractivity contribution in [1.29, 1.82) is 0 Å². The van der Waals surface area contributed by atoms with Crippen molar-refractivity contribution in [1.82, 2.24) is 5.32 Å². The van der Waals surface area contributed by atoms with Crippen molar-refractivity contribution >= 4 is 11.9 Å². The number of rotatable bonds is 8. The maximum absolute atomic E-state index is 12.1. The summed E-state index contributed by atoms with van der Waals surface area (Å²) in [5, 5.41) is 12.3. The van der Waals surface area contributed by atoms with E-state index in [1.165, 1.54) is 13.8 Å². The van der Waals surface area contributed by atoms with Gasteiger partial charge in [-0.2, -0.15) is 0 Å². The Morgan fingerprint density at radius 2 is 1.76 bits per heavy atom. The van der Waals surface area contributed by atoms with Gasteiger partial charge in [0.05, 0.1) is 13.2 Å². The second-order valence-electron chi connectivity index (χ2n) is 8.32. The average molecular weight is 472 g/mol. The van der Waals surface area contributed by atoms with Crippen molar-refractivity contribution in [3.8, 4) is 0 Å². The third-order valence-electron chi connectivity index (χ3n) is 5.75. The molecule has 9 heteroatoms. The molecule has 2 heterocycles. The standard InChI is InChI=1S/C25H29NO8/c1-15(23(28)29)32-22-20(26-16(2)27)25(30-13-17-9-5-3-6-10-17)33-19-14-31-24(34-21(19)22)18-11-7-4-8-12-18/h3-12,15,19-22,24-25H,13-14H2,1-2H3,(H,26,27)(H,28,29)/t15?,19-,20-,21-,22-,24?,25-/m0/s1. The number of carboxylic acid groups (broad SMARTS) is 1. The van der Waals surface area contributed by atoms with Crippen LogP contribution in [-0.4, -0.2) is 60.3 Å². The van der Waals surface area contributed by atoms with E-state index in [9.17, 15) is 14.7 Å². The number of amides is 1. The van der Waals surface area contributed by atoms with E-state index in [-0.39, 0.29) is 19.1 Å². The van der Waals surface area contributed by atoms with Gasteiger partial charge >= 0.3 is 5.97 Å². The fourth-order valence-electron chi connectivity index (χ4n) is 4.09. The van der Waals surface area contributed by atoms with Gasteiger partial charge in [0.2, 0.25) is 5.91 Å². The second kappa shape index (κ2) is 11.1. The third-order valence-corrected chi connectivity index (χ3v) is 5.75. The van der Waals surface area contributed by atoms with Gasteiger partial charge in [-0.1, -0.05) is 60.7 Å². The molecule has 2 unspecified atom stereocenters. The number of carbonyl (C=O) groups excluding carboxylic acids is 1. The van der Waals surface area contributed by atoms with Gasteiger partial charge in [0.1, 0.15) is 24.4 Å². The number of aliphatic carboxylic acids is 1. The average Bonchev–Trinajstić information content (AvgIpc) is 2.84. The highest BCUT2D eigenvalue weighted by Gasteiger charge is 2.52. The Balaban J connectivity index is 1.59. The first-order valence-electron chi connectivity index (χ1n) is 11.2. The Hall–Kier alpha value is -2.82. The highest BCUT2D eigenvalue weighted by molar-refractivity contribution is 5.73. The molecule has 0 spiro atoms. The molecule has 0 aliphatic carbocycles. The number of benzene rings is 2. The summed E-state index contributed by atoms with van der Waals surface area (Å²) < 4.78 is 30.3. The molecule has 2 aliphatic heterocycles. The first-order chi connectivity index (χ1) is 16.4. The summed E-state index contributed by atoms with van der Waals surface area (Å²) in [7, 11) is 0. The van der Waals surface area contributed by atoms with Crippen LogP contribution < -0.4 is 5.32 Å². The minimum Gasteiger partial charge on any atom is -0.479 e. The van der Waals surface area contributed by atoms with E-state index >= 15 is 0 Å². The lowest BCUT2D eigenvalue weighted by atomic mass is 9.95. The number of carbonyl (C=O) groups is 2. The molecule has 7 atom stereocenters. The summed E-state index contributed by atoms with van der Waals surface area (Å²) in [6.45, 7) is 3.22. The van der Waals surface area contributed by atoms with Crippen LogP contribution in [0.2, 0.25) is 0 Å². The number of fused-ring (bicyclic) bond motifs is 1. The van der Waals surface area contributed by atoms with Crippen LogP contribution in [0.5, 0.6) is 0 Å². The molecule has 2 aliphatic rings. The molecule has 0 radical (unpaired) electrons. The lowest BCUT2D eigenvalue weighted by molar-refractivity contribution is -0.351. The van der Waals surface area contributed by atoms with Crippen molar-refractivity contribution in [3.05, 3.63) is 71.8 Å². The molecule has 2 fully saturated rings. The maximum Gasteiger partial charge on any atom is 0.332 e. The van der Waals surface area contributed by atoms with Crippen LogP contribution in [0.25, 0.3) is 0 Å². The lowest BCUT2D eigenvalue weighted by Gasteiger charge is -2.49. The summed E-state index contributed by atoms with van der Waals surface area (Å²) in [5.41, 5.74) is 1.73. The highest BCUT2D eigenvalue weighted by Crippen LogP contribution is 2.36. The first kappa shape index (κ1) is 24.3. The summed E-state index contributed by atoms with van der Waals surface area (Å²) in [6.07, 6.45) is -4.87. The predicted octanol–water partition coefficient (Wildman–Crippen LogP) is 2.41. The van der Waals surface area contributed by atoms with E-state index in [4.69, 9.17) is 23.7 Å². The molecular formula is C25H29NO8. The molecule has 2 aromatic rings. The van der Waals surface area contributed by atoms with Crippen molar-refractivity contribution in [2.75, 3.05) is 6.61 Å². The van der Waals surface area contributed by atoms with Gasteiger partial charge in [0.15, 0.2) is 18.7 Å². The Morgan fingerprint density at radius 3 is 2.41 bits per heavy atom. The second-order valence-corrected chi connectivity index (χ2v) is 8.32. The first-order valence-corrected chi connectivity index (χ1v) is 11.2. The Bertz CT molecular complexity index is 956. The topological polar surface area (TPSA) is 113 Å². The van der Waals surface area contributed by atoms with E-state index in [1.54, 1.807) is 0 Å². The van der Waals surface area contributed by atoms with Crippen LogP contribution in [-0.2, 0) is 39.9 Å². The minimum atomic E-state index is -1.14. The SMILES string of the molecule is CC(=O)N[C@@H]1[C@@H](OCc2ccccc2)O[C@H]2COC(c3ccccc3)O[C@@H]2[C@H]1OC(C)C(=O)O. The Kier molecular flexibility index (Phi) is 7.91. The molecule has 2 aromatic carbocycles. The summed E-state index contributed by atoms with van der Waals surface area (Å²) in [4.78, 5) is 23.7. The zero-order valence-electron chi connectivity index (χ0n) is 19.0. The van der Waals surface area contributed by atoms with Gasteiger partial charge in [-0.25, -0.2) is 4.79 Å². The van der Waals surface area contributed by atoms with E-state index in [2.05, 4.69) is 5.32 Å². The minimum absolute atomic E-state index is 0.184. The van der Waals surface area contributed by atoms with Crippen LogP contribution in [0, 0.1) is 0 Å². The highest BCUT2D eigenvalue weighted by atomic mass is 16.8. The number of hydrogen-bond acceptors (Lipinski definition) is 7. The Labute approximate surface area is 197 Å². The molecular weight excluding hydrogens is 442 g/mol. The van der Waals surface area contributed by atoms with Crippen LogP contribution in [0.15, 0.2) is 60.7 Å². The monoisotopic (exact) mass is 471 g/mol. The largest absolute Gasteiger partial charge is 0.479 e. The van der Waals surface area contributed by atoms with Crippen LogP contribution >= 0.6 is 0 Å². The molecule has 0 aromatic heterocycles. The normalized spacial score (nSPS) is 29.6. The molecule has 2 saturated heterocycles. The smallest absolute Gasteiger partial charge is 0.332 e. The van der Waals surface area contributed by atoms with E-state index < -0.39 is 49.0 Å². The fourth-order valence-corrected chi connectivity index (χ4v) is 4.09. The number of ether oxygens (including phenoxy) is 5. The van der Waals surface area contributed by atoms with Crippen molar-refractivity contribution in [2.45, 2.75) is 63.5 Å². The van der Waals surface area contributed by atoms with E-state index in [0.717, 1.165) is 11.1 Å². The van der Waals surface area contributed by atoms with Gasteiger partial charge in [0, 0.05) is 12.5 Å². The van der Waals surface area contributed by atoms with Crippen molar-refractivity contribution in [3.63, 3.8) is 0 Å². The van der Waals surface area contributed by atoms with Gasteiger partial charge in [0.25, 0.3) is 0 Å². The van der Waals surface area contributed by atoms with Gasteiger partial charge in [-0.15, -0.1) is 0 Å². The molecule has 0 bridgehead atoms. The van der Waals surface area contributed by atoms with E-state index in [0.29, 0.717) is 0 Å². The van der Waals surface area contributed by atoms with Crippen LogP contribution in [0.3, 0.4) is 0 Å². The molecule has 182 valence electrons. The number of nitrogens with one attached hydrogen (secondary N) is 1. The molecule has 2 N–H and O–H groups in total. The maximum atomic E-state index is 12.1. The lowest BCUT2D eigenvalue weighted by Crippen LogP contribution is -2.67. The predicted molar refractivity (Wildman–Crippen MR) is 119 cm³/mol. The van der Waals surface area contributed by atoms with Gasteiger partial charge in [-0.05, 0) is 12.5 Å². The molecule has 4 rings (SSSR count). The van der Waals surface area contributed by atoms with Gasteiger partial charge in [-0.3, -0.25) is 4.79 Å². The fraction of sp³-hybridized carbons (Fsp3) is 0.440. The Morgan fingerprint density at radius 1 is 1.09 bits per heavy atom. The van der Waals surface area contributed by atoms with Crippen LogP contribution in [0.1, 0.15) is 31.3 Å².